The van der Waals surface area contributed by atoms with Crippen molar-refractivity contribution in [3.63, 3.8) is 0 Å². The first-order valence-electron chi connectivity index (χ1n) is 5.63. The Labute approximate surface area is 125 Å². The quantitative estimate of drug-likeness (QED) is 0.660. The van der Waals surface area contributed by atoms with Gasteiger partial charge in [-0.15, -0.1) is 0 Å². The number of carboxylic acid groups (broad SMARTS) is 1. The number of carboxylic acids is 1. The minimum absolute atomic E-state index is 0.182. The maximum absolute atomic E-state index is 11.7. The molecule has 0 saturated carbocycles. The van der Waals surface area contributed by atoms with Crippen LogP contribution in [0.15, 0.2) is 39.6 Å². The number of benzene rings is 1. The van der Waals surface area contributed by atoms with Crippen LogP contribution in [-0.2, 0) is 6.54 Å². The van der Waals surface area contributed by atoms with E-state index < -0.39 is 16.5 Å². The van der Waals surface area contributed by atoms with Crippen molar-refractivity contribution in [2.45, 2.75) is 6.54 Å². The molecule has 1 aromatic carbocycles. The first-order chi connectivity index (χ1) is 9.88. The summed E-state index contributed by atoms with van der Waals surface area (Å²) < 4.78 is 1.40. The SMILES string of the molecule is O=C(O)c1ccc(=O)n(Cc2ccc(Br)cc2[N+](=O)[O-])n1. The Morgan fingerprint density at radius 3 is 2.71 bits per heavy atom. The second kappa shape index (κ2) is 5.83. The van der Waals surface area contributed by atoms with Gasteiger partial charge in [-0.05, 0) is 18.2 Å². The molecular formula is C12H8BrN3O5. The van der Waals surface area contributed by atoms with Crippen LogP contribution in [0.3, 0.4) is 0 Å². The predicted octanol–water partition coefficient (Wildman–Crippen LogP) is 1.66. The average molecular weight is 354 g/mol. The Morgan fingerprint density at radius 2 is 2.10 bits per heavy atom. The first kappa shape index (κ1) is 14.9. The second-order valence-electron chi connectivity index (χ2n) is 4.05. The summed E-state index contributed by atoms with van der Waals surface area (Å²) in [6, 6.07) is 6.51. The Morgan fingerprint density at radius 1 is 1.38 bits per heavy atom. The van der Waals surface area contributed by atoms with E-state index in [1.165, 1.54) is 12.1 Å². The van der Waals surface area contributed by atoms with Gasteiger partial charge in [0.15, 0.2) is 5.69 Å². The minimum Gasteiger partial charge on any atom is -0.476 e. The van der Waals surface area contributed by atoms with Gasteiger partial charge in [0.05, 0.1) is 17.0 Å². The van der Waals surface area contributed by atoms with E-state index in [1.807, 2.05) is 0 Å². The fourth-order valence-corrected chi connectivity index (χ4v) is 2.03. The van der Waals surface area contributed by atoms with Crippen molar-refractivity contribution < 1.29 is 14.8 Å². The third kappa shape index (κ3) is 3.31. The number of nitrogens with zero attached hydrogens (tertiary/aromatic N) is 3. The van der Waals surface area contributed by atoms with Gasteiger partial charge in [-0.2, -0.15) is 5.10 Å². The highest BCUT2D eigenvalue weighted by atomic mass is 79.9. The van der Waals surface area contributed by atoms with Gasteiger partial charge in [-0.1, -0.05) is 15.9 Å². The summed E-state index contributed by atoms with van der Waals surface area (Å²) in [6.07, 6.45) is 0. The van der Waals surface area contributed by atoms with Crippen LogP contribution in [0.1, 0.15) is 16.1 Å². The zero-order valence-electron chi connectivity index (χ0n) is 10.4. The number of nitro benzene ring substituents is 1. The Hall–Kier alpha value is -2.55. The number of halogens is 1. The lowest BCUT2D eigenvalue weighted by Crippen LogP contribution is -2.25. The van der Waals surface area contributed by atoms with Crippen molar-refractivity contribution in [1.82, 2.24) is 9.78 Å². The molecule has 0 spiro atoms. The van der Waals surface area contributed by atoms with E-state index in [-0.39, 0.29) is 23.5 Å². The highest BCUT2D eigenvalue weighted by Crippen LogP contribution is 2.23. The van der Waals surface area contributed by atoms with Crippen molar-refractivity contribution in [2.24, 2.45) is 0 Å². The molecule has 0 atom stereocenters. The van der Waals surface area contributed by atoms with Crippen LogP contribution in [0.2, 0.25) is 0 Å². The molecule has 8 nitrogen and oxygen atoms in total. The van der Waals surface area contributed by atoms with E-state index in [1.54, 1.807) is 6.07 Å². The normalized spacial score (nSPS) is 10.3. The third-order valence-corrected chi connectivity index (χ3v) is 3.14. The number of hydrogen-bond donors (Lipinski definition) is 1. The van der Waals surface area contributed by atoms with Crippen LogP contribution in [0.5, 0.6) is 0 Å². The first-order valence-corrected chi connectivity index (χ1v) is 6.42. The van der Waals surface area contributed by atoms with E-state index in [0.717, 1.165) is 16.8 Å². The number of aromatic carboxylic acids is 1. The Balaban J connectivity index is 2.48. The van der Waals surface area contributed by atoms with Gasteiger partial charge < -0.3 is 5.11 Å². The van der Waals surface area contributed by atoms with E-state index >= 15 is 0 Å². The lowest BCUT2D eigenvalue weighted by Gasteiger charge is -2.06. The highest BCUT2D eigenvalue weighted by Gasteiger charge is 2.16. The number of carbonyl (C=O) groups is 1. The molecule has 0 bridgehead atoms. The summed E-state index contributed by atoms with van der Waals surface area (Å²) in [5.74, 6) is -1.28. The van der Waals surface area contributed by atoms with Crippen LogP contribution in [0, 0.1) is 10.1 Å². The average Bonchev–Trinajstić information content (AvgIpc) is 2.42. The van der Waals surface area contributed by atoms with Crippen molar-refractivity contribution in [2.75, 3.05) is 0 Å². The second-order valence-corrected chi connectivity index (χ2v) is 4.97. The van der Waals surface area contributed by atoms with E-state index in [2.05, 4.69) is 21.0 Å². The number of hydrogen-bond acceptors (Lipinski definition) is 5. The predicted molar refractivity (Wildman–Crippen MR) is 75.4 cm³/mol. The lowest BCUT2D eigenvalue weighted by atomic mass is 10.2. The molecular weight excluding hydrogens is 346 g/mol. The molecule has 0 unspecified atom stereocenters. The molecule has 21 heavy (non-hydrogen) atoms. The molecule has 9 heteroatoms. The largest absolute Gasteiger partial charge is 0.476 e. The van der Waals surface area contributed by atoms with Gasteiger partial charge >= 0.3 is 5.97 Å². The van der Waals surface area contributed by atoms with Crippen LogP contribution in [0.4, 0.5) is 5.69 Å². The van der Waals surface area contributed by atoms with Gasteiger partial charge in [0.25, 0.3) is 11.2 Å². The molecule has 0 aliphatic rings. The van der Waals surface area contributed by atoms with Gasteiger partial charge in [0.2, 0.25) is 0 Å². The lowest BCUT2D eigenvalue weighted by molar-refractivity contribution is -0.385. The number of nitro groups is 1. The summed E-state index contributed by atoms with van der Waals surface area (Å²) in [7, 11) is 0. The highest BCUT2D eigenvalue weighted by molar-refractivity contribution is 9.10. The molecule has 2 aromatic rings. The molecule has 2 rings (SSSR count). The van der Waals surface area contributed by atoms with E-state index in [9.17, 15) is 19.7 Å². The molecule has 1 heterocycles. The molecule has 1 aromatic heterocycles. The summed E-state index contributed by atoms with van der Waals surface area (Å²) in [5.41, 5.74) is -0.786. The molecule has 0 amide bonds. The van der Waals surface area contributed by atoms with Crippen molar-refractivity contribution >= 4 is 27.6 Å². The molecule has 108 valence electrons. The van der Waals surface area contributed by atoms with Crippen LogP contribution < -0.4 is 5.56 Å². The monoisotopic (exact) mass is 353 g/mol. The van der Waals surface area contributed by atoms with Gasteiger partial charge in [-0.3, -0.25) is 14.9 Å². The Bertz CT molecular complexity index is 787. The van der Waals surface area contributed by atoms with Gasteiger partial charge in [0, 0.05) is 16.6 Å². The van der Waals surface area contributed by atoms with E-state index in [4.69, 9.17) is 5.11 Å². The maximum atomic E-state index is 11.7. The Kier molecular flexibility index (Phi) is 4.13. The maximum Gasteiger partial charge on any atom is 0.356 e. The summed E-state index contributed by atoms with van der Waals surface area (Å²) >= 11 is 3.13. The van der Waals surface area contributed by atoms with Gasteiger partial charge in [0.1, 0.15) is 0 Å². The zero-order chi connectivity index (χ0) is 15.6. The summed E-state index contributed by atoms with van der Waals surface area (Å²) in [4.78, 5) is 32.9. The smallest absolute Gasteiger partial charge is 0.356 e. The van der Waals surface area contributed by atoms with Crippen molar-refractivity contribution in [3.05, 3.63) is 66.5 Å². The fourth-order valence-electron chi connectivity index (χ4n) is 1.68. The zero-order valence-corrected chi connectivity index (χ0v) is 12.0. The molecule has 0 saturated heterocycles. The standard InChI is InChI=1S/C12H8BrN3O5/c13-8-2-1-7(10(5-8)16(20)21)6-15-11(17)4-3-9(14-15)12(18)19/h1-5H,6H2,(H,18,19). The van der Waals surface area contributed by atoms with Gasteiger partial charge in [-0.25, -0.2) is 9.48 Å². The van der Waals surface area contributed by atoms with Crippen LogP contribution in [-0.4, -0.2) is 25.8 Å². The van der Waals surface area contributed by atoms with Crippen LogP contribution >= 0.6 is 15.9 Å². The molecule has 0 aliphatic carbocycles. The van der Waals surface area contributed by atoms with Crippen molar-refractivity contribution in [1.29, 1.82) is 0 Å². The number of aromatic nitrogens is 2. The van der Waals surface area contributed by atoms with Crippen molar-refractivity contribution in [3.8, 4) is 0 Å². The van der Waals surface area contributed by atoms with Crippen LogP contribution in [0.25, 0.3) is 0 Å². The topological polar surface area (TPSA) is 115 Å². The molecule has 0 radical (unpaired) electrons. The fraction of sp³-hybridized carbons (Fsp3) is 0.0833. The minimum atomic E-state index is -1.28. The summed E-state index contributed by atoms with van der Waals surface area (Å²) in [6.45, 7) is -0.191. The molecule has 1 N–H and O–H groups in total. The molecule has 0 fully saturated rings. The number of rotatable bonds is 4. The summed E-state index contributed by atoms with van der Waals surface area (Å²) in [5, 5.41) is 23.5. The third-order valence-electron chi connectivity index (χ3n) is 2.65. The van der Waals surface area contributed by atoms with E-state index in [0.29, 0.717) is 4.47 Å². The molecule has 0 aliphatic heterocycles.